The molecule has 3 heterocycles. The Labute approximate surface area is 198 Å². The number of hydrogen-bond acceptors (Lipinski definition) is 7. The van der Waals surface area contributed by atoms with Crippen LogP contribution in [0.4, 0.5) is 5.00 Å². The van der Waals surface area contributed by atoms with E-state index >= 15 is 0 Å². The van der Waals surface area contributed by atoms with Gasteiger partial charge in [-0.2, -0.15) is 0 Å². The Morgan fingerprint density at radius 1 is 1.16 bits per heavy atom. The van der Waals surface area contributed by atoms with Crippen molar-refractivity contribution in [2.45, 2.75) is 6.54 Å². The predicted octanol–water partition coefficient (Wildman–Crippen LogP) is 3.67. The molecule has 0 atom stereocenters. The van der Waals surface area contributed by atoms with Gasteiger partial charge in [0.1, 0.15) is 10.0 Å². The number of rotatable bonds is 6. The van der Waals surface area contributed by atoms with Crippen LogP contribution in [0.25, 0.3) is 10.6 Å². The fourth-order valence-electron chi connectivity index (χ4n) is 3.41. The van der Waals surface area contributed by atoms with E-state index in [1.54, 1.807) is 30.6 Å². The molecule has 0 radical (unpaired) electrons. The predicted molar refractivity (Wildman–Crippen MR) is 127 cm³/mol. The van der Waals surface area contributed by atoms with Gasteiger partial charge in [0, 0.05) is 60.7 Å². The van der Waals surface area contributed by atoms with Crippen molar-refractivity contribution in [3.05, 3.63) is 64.0 Å². The Balaban J connectivity index is 1.47. The summed E-state index contributed by atoms with van der Waals surface area (Å²) in [6.07, 6.45) is 3.21. The third kappa shape index (κ3) is 5.21. The first-order chi connectivity index (χ1) is 15.4. The normalized spacial score (nSPS) is 14.9. The Bertz CT molecular complexity index is 1130. The van der Waals surface area contributed by atoms with Crippen molar-refractivity contribution in [3.8, 4) is 10.6 Å². The molecule has 10 heteroatoms. The average molecular weight is 516 g/mol. The summed E-state index contributed by atoms with van der Waals surface area (Å²) < 4.78 is 0.694. The van der Waals surface area contributed by atoms with E-state index < -0.39 is 5.97 Å². The summed E-state index contributed by atoms with van der Waals surface area (Å²) >= 11 is 4.51. The lowest BCUT2D eigenvalue weighted by Crippen LogP contribution is -2.43. The van der Waals surface area contributed by atoms with Gasteiger partial charge in [0.15, 0.2) is 5.69 Å². The van der Waals surface area contributed by atoms with Gasteiger partial charge in [0.05, 0.1) is 0 Å². The molecular formula is C22H22BrN5O3S. The monoisotopic (exact) mass is 515 g/mol. The van der Waals surface area contributed by atoms with E-state index in [9.17, 15) is 14.7 Å². The molecule has 0 spiro atoms. The number of pyridine rings is 1. The number of carboxylic acid groups (broad SMARTS) is 1. The van der Waals surface area contributed by atoms with Crippen molar-refractivity contribution in [2.75, 3.05) is 38.5 Å². The van der Waals surface area contributed by atoms with Crippen LogP contribution >= 0.6 is 27.3 Å². The van der Waals surface area contributed by atoms with Gasteiger partial charge in [0.2, 0.25) is 0 Å². The lowest BCUT2D eigenvalue weighted by molar-refractivity contribution is 0.0692. The molecule has 2 N–H and O–H groups in total. The molecule has 3 aromatic rings. The largest absolute Gasteiger partial charge is 0.476 e. The molecular weight excluding hydrogens is 494 g/mol. The number of thiazole rings is 1. The molecule has 4 rings (SSSR count). The molecule has 32 heavy (non-hydrogen) atoms. The number of carboxylic acids is 1. The van der Waals surface area contributed by atoms with Crippen molar-refractivity contribution >= 4 is 44.1 Å². The van der Waals surface area contributed by atoms with Gasteiger partial charge in [-0.25, -0.2) is 9.78 Å². The van der Waals surface area contributed by atoms with Gasteiger partial charge in [0.25, 0.3) is 5.91 Å². The Morgan fingerprint density at radius 3 is 2.53 bits per heavy atom. The molecule has 0 saturated carbocycles. The van der Waals surface area contributed by atoms with E-state index in [-0.39, 0.29) is 16.6 Å². The van der Waals surface area contributed by atoms with Crippen molar-refractivity contribution < 1.29 is 14.7 Å². The molecule has 1 aliphatic rings. The number of aromatic carboxylic acids is 1. The molecule has 0 unspecified atom stereocenters. The summed E-state index contributed by atoms with van der Waals surface area (Å²) in [5.41, 5.74) is 2.12. The smallest absolute Gasteiger partial charge is 0.357 e. The van der Waals surface area contributed by atoms with Gasteiger partial charge in [-0.1, -0.05) is 23.5 Å². The maximum Gasteiger partial charge on any atom is 0.357 e. The fourth-order valence-corrected chi connectivity index (χ4v) is 4.98. The standard InChI is InChI=1S/C22H22BrN5O3S/c1-27-8-10-28(11-9-27)13-14-2-4-15(5-3-14)19(29)26-21-18(22(30)31)25-20(32-21)16-6-7-24-12-17(16)23/h2-7,12H,8-11,13H2,1H3,(H,26,29)(H,30,31). The van der Waals surface area contributed by atoms with Crippen LogP contribution < -0.4 is 5.32 Å². The van der Waals surface area contributed by atoms with Gasteiger partial charge >= 0.3 is 5.97 Å². The third-order valence-corrected chi connectivity index (χ3v) is 6.91. The zero-order valence-corrected chi connectivity index (χ0v) is 19.8. The highest BCUT2D eigenvalue weighted by Gasteiger charge is 2.22. The van der Waals surface area contributed by atoms with Gasteiger partial charge in [-0.05, 0) is 46.7 Å². The van der Waals surface area contributed by atoms with E-state index in [0.717, 1.165) is 49.6 Å². The van der Waals surface area contributed by atoms with E-state index in [4.69, 9.17) is 0 Å². The SMILES string of the molecule is CN1CCN(Cc2ccc(C(=O)Nc3sc(-c4ccncc4Br)nc3C(=O)O)cc2)CC1. The topological polar surface area (TPSA) is 98.7 Å². The summed E-state index contributed by atoms with van der Waals surface area (Å²) in [6, 6.07) is 9.15. The number of hydrogen-bond donors (Lipinski definition) is 2. The van der Waals surface area contributed by atoms with Gasteiger partial charge < -0.3 is 15.3 Å². The first-order valence-electron chi connectivity index (χ1n) is 10.1. The molecule has 1 amide bonds. The first-order valence-corrected chi connectivity index (χ1v) is 11.7. The fraction of sp³-hybridized carbons (Fsp3) is 0.273. The molecule has 0 aliphatic carbocycles. The van der Waals surface area contributed by atoms with Crippen LogP contribution in [-0.4, -0.2) is 70.0 Å². The average Bonchev–Trinajstić information content (AvgIpc) is 3.20. The Kier molecular flexibility index (Phi) is 6.95. The molecule has 8 nitrogen and oxygen atoms in total. The number of piperazine rings is 1. The molecule has 1 aliphatic heterocycles. The molecule has 1 fully saturated rings. The van der Waals surface area contributed by atoms with E-state index in [1.807, 2.05) is 12.1 Å². The minimum atomic E-state index is -1.20. The van der Waals surface area contributed by atoms with Crippen molar-refractivity contribution in [1.82, 2.24) is 19.8 Å². The quantitative estimate of drug-likeness (QED) is 0.516. The Hall–Kier alpha value is -2.66. The zero-order chi connectivity index (χ0) is 22.7. The second-order valence-electron chi connectivity index (χ2n) is 7.59. The maximum atomic E-state index is 12.8. The molecule has 0 bridgehead atoms. The number of halogens is 1. The lowest BCUT2D eigenvalue weighted by Gasteiger charge is -2.32. The van der Waals surface area contributed by atoms with E-state index in [1.165, 1.54) is 0 Å². The maximum absolute atomic E-state index is 12.8. The summed E-state index contributed by atoms with van der Waals surface area (Å²) in [5.74, 6) is -1.57. The molecule has 166 valence electrons. The zero-order valence-electron chi connectivity index (χ0n) is 17.4. The van der Waals surface area contributed by atoms with Crippen molar-refractivity contribution in [2.24, 2.45) is 0 Å². The number of carbonyl (C=O) groups excluding carboxylic acids is 1. The Morgan fingerprint density at radius 2 is 1.88 bits per heavy atom. The second kappa shape index (κ2) is 9.86. The number of anilines is 1. The van der Waals surface area contributed by atoms with E-state index in [0.29, 0.717) is 20.6 Å². The minimum absolute atomic E-state index is 0.186. The second-order valence-corrected chi connectivity index (χ2v) is 9.44. The first kappa shape index (κ1) is 22.5. The number of carbonyl (C=O) groups is 2. The van der Waals surface area contributed by atoms with Crippen molar-refractivity contribution in [1.29, 1.82) is 0 Å². The van der Waals surface area contributed by atoms with Crippen LogP contribution in [0, 0.1) is 0 Å². The number of amides is 1. The van der Waals surface area contributed by atoms with Crippen LogP contribution in [0.1, 0.15) is 26.4 Å². The third-order valence-electron chi connectivity index (χ3n) is 5.28. The number of aromatic nitrogens is 2. The molecule has 2 aromatic heterocycles. The summed E-state index contributed by atoms with van der Waals surface area (Å²) in [6.45, 7) is 5.01. The summed E-state index contributed by atoms with van der Waals surface area (Å²) in [5, 5.41) is 12.9. The van der Waals surface area contributed by atoms with E-state index in [2.05, 4.69) is 48.1 Å². The highest BCUT2D eigenvalue weighted by Crippen LogP contribution is 2.35. The van der Waals surface area contributed by atoms with Crippen LogP contribution in [0.2, 0.25) is 0 Å². The van der Waals surface area contributed by atoms with Crippen molar-refractivity contribution in [3.63, 3.8) is 0 Å². The van der Waals surface area contributed by atoms with Crippen LogP contribution in [0.3, 0.4) is 0 Å². The molecule has 1 saturated heterocycles. The minimum Gasteiger partial charge on any atom is -0.476 e. The number of nitrogens with zero attached hydrogens (tertiary/aromatic N) is 4. The molecule has 1 aromatic carbocycles. The summed E-state index contributed by atoms with van der Waals surface area (Å²) in [7, 11) is 2.13. The highest BCUT2D eigenvalue weighted by atomic mass is 79.9. The number of nitrogens with one attached hydrogen (secondary N) is 1. The lowest BCUT2D eigenvalue weighted by atomic mass is 10.1. The number of benzene rings is 1. The van der Waals surface area contributed by atoms with Crippen LogP contribution in [-0.2, 0) is 6.54 Å². The summed E-state index contributed by atoms with van der Waals surface area (Å²) in [4.78, 5) is 37.4. The van der Waals surface area contributed by atoms with Gasteiger partial charge in [-0.15, -0.1) is 0 Å². The van der Waals surface area contributed by atoms with Gasteiger partial charge in [-0.3, -0.25) is 14.7 Å². The van der Waals surface area contributed by atoms with Crippen LogP contribution in [0.5, 0.6) is 0 Å². The highest BCUT2D eigenvalue weighted by molar-refractivity contribution is 9.10. The number of likely N-dealkylation sites (N-methyl/N-ethyl adjacent to an activating group) is 1. The van der Waals surface area contributed by atoms with Crippen LogP contribution in [0.15, 0.2) is 47.2 Å².